The van der Waals surface area contributed by atoms with Crippen LogP contribution in [0.2, 0.25) is 0 Å². The van der Waals surface area contributed by atoms with Crippen LogP contribution in [0.15, 0.2) is 24.3 Å². The Hall–Kier alpha value is -1.59. The second-order valence-electron chi connectivity index (χ2n) is 7.30. The molecule has 0 unspecified atom stereocenters. The molecule has 4 N–H and O–H groups in total. The Balaban J connectivity index is 1.85. The van der Waals surface area contributed by atoms with Crippen LogP contribution in [0.5, 0.6) is 0 Å². The van der Waals surface area contributed by atoms with Gasteiger partial charge in [0.2, 0.25) is 0 Å². The van der Waals surface area contributed by atoms with Crippen molar-refractivity contribution in [2.45, 2.75) is 57.2 Å². The molecule has 0 spiro atoms. The largest absolute Gasteiger partial charge is 0.399 e. The van der Waals surface area contributed by atoms with Crippen molar-refractivity contribution >= 4 is 11.6 Å². The third-order valence-corrected chi connectivity index (χ3v) is 4.57. The van der Waals surface area contributed by atoms with E-state index in [0.29, 0.717) is 50.0 Å². The first kappa shape index (κ1) is 17.8. The zero-order valence-electron chi connectivity index (χ0n) is 14.1. The van der Waals surface area contributed by atoms with Crippen molar-refractivity contribution in [1.29, 1.82) is 0 Å². The number of nitrogens with two attached hydrogens (primary N) is 1. The van der Waals surface area contributed by atoms with Crippen molar-refractivity contribution in [3.63, 3.8) is 0 Å². The number of hydrogen-bond donors (Lipinski definition) is 3. The number of amides is 1. The standard InChI is InChI=1S/C18H28N2O3/c1-17(2,22)8-3-9-18(23)10-12-20(13-11-18)16(21)14-4-6-15(19)7-5-14/h4-7,22-23H,3,8-13,19H2,1-2H3. The fraction of sp³-hybridized carbons (Fsp3) is 0.611. The van der Waals surface area contributed by atoms with E-state index in [1.807, 2.05) is 0 Å². The van der Waals surface area contributed by atoms with Gasteiger partial charge in [-0.3, -0.25) is 4.79 Å². The number of carbonyl (C=O) groups excluding carboxylic acids is 1. The van der Waals surface area contributed by atoms with Crippen LogP contribution in [0, 0.1) is 0 Å². The van der Waals surface area contributed by atoms with Crippen LogP contribution in [-0.2, 0) is 0 Å². The van der Waals surface area contributed by atoms with Gasteiger partial charge in [-0.1, -0.05) is 0 Å². The lowest BCUT2D eigenvalue weighted by molar-refractivity contribution is -0.0291. The van der Waals surface area contributed by atoms with Crippen molar-refractivity contribution in [2.24, 2.45) is 0 Å². The zero-order valence-corrected chi connectivity index (χ0v) is 14.1. The van der Waals surface area contributed by atoms with Gasteiger partial charge in [0.15, 0.2) is 0 Å². The minimum atomic E-state index is -0.719. The van der Waals surface area contributed by atoms with E-state index in [9.17, 15) is 15.0 Å². The summed E-state index contributed by atoms with van der Waals surface area (Å²) in [4.78, 5) is 14.2. The first-order valence-electron chi connectivity index (χ1n) is 8.28. The lowest BCUT2D eigenvalue weighted by Gasteiger charge is -2.38. The molecular formula is C18H28N2O3. The Kier molecular flexibility index (Phi) is 5.32. The number of carbonyl (C=O) groups is 1. The monoisotopic (exact) mass is 320 g/mol. The molecule has 1 aromatic carbocycles. The van der Waals surface area contributed by atoms with E-state index in [4.69, 9.17) is 5.73 Å². The number of nitrogens with zero attached hydrogens (tertiary/aromatic N) is 1. The Morgan fingerprint density at radius 2 is 1.83 bits per heavy atom. The predicted octanol–water partition coefficient (Wildman–Crippen LogP) is 2.18. The second kappa shape index (κ2) is 6.89. The summed E-state index contributed by atoms with van der Waals surface area (Å²) in [6.07, 6.45) is 3.29. The second-order valence-corrected chi connectivity index (χ2v) is 7.30. The summed E-state index contributed by atoms with van der Waals surface area (Å²) in [7, 11) is 0. The lowest BCUT2D eigenvalue weighted by Crippen LogP contribution is -2.46. The highest BCUT2D eigenvalue weighted by atomic mass is 16.3. The first-order valence-corrected chi connectivity index (χ1v) is 8.28. The van der Waals surface area contributed by atoms with E-state index >= 15 is 0 Å². The van der Waals surface area contributed by atoms with E-state index in [1.54, 1.807) is 43.0 Å². The Labute approximate surface area is 138 Å². The number of anilines is 1. The summed E-state index contributed by atoms with van der Waals surface area (Å²) in [5.74, 6) is -0.0106. The molecule has 1 fully saturated rings. The predicted molar refractivity (Wildman–Crippen MR) is 91.1 cm³/mol. The molecule has 0 saturated carbocycles. The van der Waals surface area contributed by atoms with Crippen LogP contribution < -0.4 is 5.73 Å². The van der Waals surface area contributed by atoms with E-state index in [-0.39, 0.29) is 5.91 Å². The quantitative estimate of drug-likeness (QED) is 0.726. The van der Waals surface area contributed by atoms with Gasteiger partial charge in [0.1, 0.15) is 0 Å². The van der Waals surface area contributed by atoms with Gasteiger partial charge in [0.05, 0.1) is 11.2 Å². The maximum absolute atomic E-state index is 12.4. The number of likely N-dealkylation sites (tertiary alicyclic amines) is 1. The summed E-state index contributed by atoms with van der Waals surface area (Å²) in [5.41, 5.74) is 5.50. The van der Waals surface area contributed by atoms with Crippen molar-refractivity contribution in [3.05, 3.63) is 29.8 Å². The molecule has 0 aliphatic carbocycles. The molecule has 1 aliphatic heterocycles. The van der Waals surface area contributed by atoms with Crippen LogP contribution >= 0.6 is 0 Å². The fourth-order valence-electron chi connectivity index (χ4n) is 3.03. The summed E-state index contributed by atoms with van der Waals surface area (Å²) in [6.45, 7) is 4.68. The maximum Gasteiger partial charge on any atom is 0.253 e. The van der Waals surface area contributed by atoms with Crippen LogP contribution in [0.25, 0.3) is 0 Å². The summed E-state index contributed by atoms with van der Waals surface area (Å²) in [5, 5.41) is 20.4. The molecule has 23 heavy (non-hydrogen) atoms. The molecule has 0 bridgehead atoms. The Bertz CT molecular complexity index is 526. The summed E-state index contributed by atoms with van der Waals surface area (Å²) < 4.78 is 0. The van der Waals surface area contributed by atoms with Gasteiger partial charge in [-0.2, -0.15) is 0 Å². The molecule has 0 aromatic heterocycles. The smallest absolute Gasteiger partial charge is 0.253 e. The van der Waals surface area contributed by atoms with Gasteiger partial charge in [0.25, 0.3) is 5.91 Å². The number of nitrogen functional groups attached to an aromatic ring is 1. The van der Waals surface area contributed by atoms with Gasteiger partial charge in [-0.05, 0) is 70.2 Å². The van der Waals surface area contributed by atoms with Gasteiger partial charge in [-0.15, -0.1) is 0 Å². The minimum absolute atomic E-state index is 0.0106. The molecule has 5 heteroatoms. The third kappa shape index (κ3) is 5.22. The molecule has 128 valence electrons. The number of rotatable bonds is 5. The van der Waals surface area contributed by atoms with Crippen LogP contribution in [-0.4, -0.2) is 45.3 Å². The molecule has 0 atom stereocenters. The number of piperidine rings is 1. The van der Waals surface area contributed by atoms with Crippen molar-refractivity contribution in [3.8, 4) is 0 Å². The number of hydrogen-bond acceptors (Lipinski definition) is 4. The minimum Gasteiger partial charge on any atom is -0.399 e. The van der Waals surface area contributed by atoms with E-state index in [1.165, 1.54) is 0 Å². The van der Waals surface area contributed by atoms with Crippen LogP contribution in [0.1, 0.15) is 56.3 Å². The van der Waals surface area contributed by atoms with Crippen molar-refractivity contribution in [2.75, 3.05) is 18.8 Å². The average Bonchev–Trinajstić information content (AvgIpc) is 2.46. The lowest BCUT2D eigenvalue weighted by atomic mass is 9.85. The normalized spacial score (nSPS) is 18.0. The van der Waals surface area contributed by atoms with Crippen molar-refractivity contribution in [1.82, 2.24) is 4.90 Å². The van der Waals surface area contributed by atoms with Gasteiger partial charge < -0.3 is 20.8 Å². The van der Waals surface area contributed by atoms with E-state index in [2.05, 4.69) is 0 Å². The van der Waals surface area contributed by atoms with E-state index in [0.717, 1.165) is 6.42 Å². The zero-order chi connectivity index (χ0) is 17.1. The highest BCUT2D eigenvalue weighted by molar-refractivity contribution is 5.94. The molecule has 1 aliphatic rings. The molecular weight excluding hydrogens is 292 g/mol. The van der Waals surface area contributed by atoms with Gasteiger partial charge in [-0.25, -0.2) is 0 Å². The molecule has 1 amide bonds. The Morgan fingerprint density at radius 1 is 1.26 bits per heavy atom. The van der Waals surface area contributed by atoms with Crippen LogP contribution in [0.3, 0.4) is 0 Å². The molecule has 0 radical (unpaired) electrons. The van der Waals surface area contributed by atoms with Crippen molar-refractivity contribution < 1.29 is 15.0 Å². The maximum atomic E-state index is 12.4. The topological polar surface area (TPSA) is 86.8 Å². The highest BCUT2D eigenvalue weighted by Gasteiger charge is 2.34. The van der Waals surface area contributed by atoms with Crippen LogP contribution in [0.4, 0.5) is 5.69 Å². The van der Waals surface area contributed by atoms with E-state index < -0.39 is 11.2 Å². The SMILES string of the molecule is CC(C)(O)CCCC1(O)CCN(C(=O)c2ccc(N)cc2)CC1. The molecule has 2 rings (SSSR count). The summed E-state index contributed by atoms with van der Waals surface area (Å²) in [6, 6.07) is 6.93. The molecule has 5 nitrogen and oxygen atoms in total. The fourth-order valence-corrected chi connectivity index (χ4v) is 3.03. The summed E-state index contributed by atoms with van der Waals surface area (Å²) >= 11 is 0. The Morgan fingerprint density at radius 3 is 2.35 bits per heavy atom. The first-order chi connectivity index (χ1) is 10.7. The number of benzene rings is 1. The third-order valence-electron chi connectivity index (χ3n) is 4.57. The van der Waals surface area contributed by atoms with Gasteiger partial charge >= 0.3 is 0 Å². The number of aliphatic hydroxyl groups is 2. The molecule has 1 heterocycles. The highest BCUT2D eigenvalue weighted by Crippen LogP contribution is 2.29. The molecule has 1 aromatic rings. The van der Waals surface area contributed by atoms with Gasteiger partial charge in [0, 0.05) is 24.3 Å². The molecule has 1 saturated heterocycles. The average molecular weight is 320 g/mol.